The first-order chi connectivity index (χ1) is 10.2. The molecule has 2 rings (SSSR count). The highest BCUT2D eigenvalue weighted by Gasteiger charge is 2.15. The maximum Gasteiger partial charge on any atom is 0.308 e. The summed E-state index contributed by atoms with van der Waals surface area (Å²) in [5.41, 5.74) is 0.870. The number of hydrogen-bond donors (Lipinski definition) is 1. The van der Waals surface area contributed by atoms with Crippen LogP contribution in [0.2, 0.25) is 5.02 Å². The number of carbonyl (C=O) groups is 1. The average Bonchev–Trinajstić information content (AvgIpc) is 2.94. The molecule has 0 bridgehead atoms. The summed E-state index contributed by atoms with van der Waals surface area (Å²) in [7, 11) is 1.61. The Morgan fingerprint density at radius 1 is 1.38 bits per heavy atom. The number of carbonyl (C=O) groups excluding carboxylic acids is 1. The zero-order valence-corrected chi connectivity index (χ0v) is 12.4. The van der Waals surface area contributed by atoms with Crippen molar-refractivity contribution in [1.82, 2.24) is 15.5 Å². The molecule has 0 radical (unpaired) electrons. The fourth-order valence-electron chi connectivity index (χ4n) is 1.72. The van der Waals surface area contributed by atoms with Crippen LogP contribution in [0.25, 0.3) is 0 Å². The zero-order valence-electron chi connectivity index (χ0n) is 11.6. The van der Waals surface area contributed by atoms with E-state index in [1.807, 2.05) is 18.2 Å². The van der Waals surface area contributed by atoms with Crippen LogP contribution >= 0.6 is 11.6 Å². The summed E-state index contributed by atoms with van der Waals surface area (Å²) < 4.78 is 10.2. The largest absolute Gasteiger partial charge is 0.417 e. The van der Waals surface area contributed by atoms with Gasteiger partial charge in [0.2, 0.25) is 5.89 Å². The van der Waals surface area contributed by atoms with Crippen LogP contribution in [0.15, 0.2) is 28.7 Å². The number of nitrogens with one attached hydrogen (secondary N) is 1. The topological polar surface area (TPSA) is 77.2 Å². The molecule has 1 aromatic carbocycles. The molecule has 1 amide bonds. The van der Waals surface area contributed by atoms with Gasteiger partial charge in [-0.15, -0.1) is 10.2 Å². The van der Waals surface area contributed by atoms with Crippen LogP contribution in [-0.4, -0.2) is 36.4 Å². The second-order valence-corrected chi connectivity index (χ2v) is 4.78. The Morgan fingerprint density at radius 2 is 2.19 bits per heavy atom. The van der Waals surface area contributed by atoms with Crippen LogP contribution in [0, 0.1) is 0 Å². The lowest BCUT2D eigenvalue weighted by molar-refractivity contribution is 0.0912. The molecule has 0 saturated carbocycles. The second kappa shape index (κ2) is 7.75. The van der Waals surface area contributed by atoms with Gasteiger partial charge in [-0.05, 0) is 18.1 Å². The molecule has 1 heterocycles. The number of benzene rings is 1. The molecule has 1 aromatic heterocycles. The molecule has 21 heavy (non-hydrogen) atoms. The van der Waals surface area contributed by atoms with Gasteiger partial charge in [-0.3, -0.25) is 4.79 Å². The van der Waals surface area contributed by atoms with Crippen LogP contribution < -0.4 is 5.32 Å². The quantitative estimate of drug-likeness (QED) is 0.792. The van der Waals surface area contributed by atoms with E-state index in [2.05, 4.69) is 15.5 Å². The van der Waals surface area contributed by atoms with Crippen molar-refractivity contribution in [2.45, 2.75) is 12.8 Å². The fraction of sp³-hybridized carbons (Fsp3) is 0.357. The Balaban J connectivity index is 1.92. The lowest BCUT2D eigenvalue weighted by Crippen LogP contribution is -2.25. The monoisotopic (exact) mass is 309 g/mol. The summed E-state index contributed by atoms with van der Waals surface area (Å²) in [5.74, 6) is -0.0800. The van der Waals surface area contributed by atoms with Crippen LogP contribution in [0.4, 0.5) is 0 Å². The van der Waals surface area contributed by atoms with Crippen molar-refractivity contribution in [3.63, 3.8) is 0 Å². The maximum absolute atomic E-state index is 11.8. The van der Waals surface area contributed by atoms with E-state index >= 15 is 0 Å². The van der Waals surface area contributed by atoms with E-state index < -0.39 is 0 Å². The SMILES string of the molecule is COCCCNC(=O)c1nnc(Cc2ccccc2Cl)o1. The Bertz CT molecular complexity index is 601. The van der Waals surface area contributed by atoms with Crippen molar-refractivity contribution < 1.29 is 13.9 Å². The number of methoxy groups -OCH3 is 1. The number of aromatic nitrogens is 2. The minimum Gasteiger partial charge on any atom is -0.417 e. The molecule has 0 aliphatic rings. The van der Waals surface area contributed by atoms with E-state index in [9.17, 15) is 4.79 Å². The Labute approximate surface area is 127 Å². The summed E-state index contributed by atoms with van der Waals surface area (Å²) in [6, 6.07) is 7.38. The first kappa shape index (κ1) is 15.5. The van der Waals surface area contributed by atoms with Gasteiger partial charge in [0.1, 0.15) is 0 Å². The van der Waals surface area contributed by atoms with E-state index in [1.165, 1.54) is 0 Å². The van der Waals surface area contributed by atoms with E-state index in [0.717, 1.165) is 12.0 Å². The highest BCUT2D eigenvalue weighted by molar-refractivity contribution is 6.31. The molecule has 6 nitrogen and oxygen atoms in total. The fourth-order valence-corrected chi connectivity index (χ4v) is 1.92. The van der Waals surface area contributed by atoms with E-state index in [-0.39, 0.29) is 11.8 Å². The Morgan fingerprint density at radius 3 is 2.95 bits per heavy atom. The third-order valence-corrected chi connectivity index (χ3v) is 3.14. The highest BCUT2D eigenvalue weighted by atomic mass is 35.5. The molecule has 0 fully saturated rings. The Hall–Kier alpha value is -1.92. The van der Waals surface area contributed by atoms with Crippen LogP contribution in [-0.2, 0) is 11.2 Å². The van der Waals surface area contributed by atoms with Gasteiger partial charge in [0.05, 0.1) is 6.42 Å². The summed E-state index contributed by atoms with van der Waals surface area (Å²) in [4.78, 5) is 11.8. The summed E-state index contributed by atoms with van der Waals surface area (Å²) in [6.07, 6.45) is 1.12. The maximum atomic E-state index is 11.8. The number of hydrogen-bond acceptors (Lipinski definition) is 5. The van der Waals surface area contributed by atoms with Gasteiger partial charge in [0.25, 0.3) is 0 Å². The van der Waals surface area contributed by atoms with Gasteiger partial charge >= 0.3 is 11.8 Å². The van der Waals surface area contributed by atoms with Crippen molar-refractivity contribution >= 4 is 17.5 Å². The van der Waals surface area contributed by atoms with Gasteiger partial charge < -0.3 is 14.5 Å². The number of amides is 1. The smallest absolute Gasteiger partial charge is 0.308 e. The molecule has 7 heteroatoms. The summed E-state index contributed by atoms with van der Waals surface area (Å²) in [5, 5.41) is 10.9. The predicted octanol–water partition coefficient (Wildman–Crippen LogP) is 2.08. The third kappa shape index (κ3) is 4.54. The van der Waals surface area contributed by atoms with Gasteiger partial charge in [-0.25, -0.2) is 0 Å². The Kier molecular flexibility index (Phi) is 5.71. The van der Waals surface area contributed by atoms with Crippen LogP contribution in [0.5, 0.6) is 0 Å². The standard InChI is InChI=1S/C14H16ClN3O3/c1-20-8-4-7-16-13(19)14-18-17-12(21-14)9-10-5-2-3-6-11(10)15/h2-3,5-6H,4,7-9H2,1H3,(H,16,19). The van der Waals surface area contributed by atoms with Gasteiger partial charge in [0, 0.05) is 25.3 Å². The van der Waals surface area contributed by atoms with Crippen LogP contribution in [0.3, 0.4) is 0 Å². The van der Waals surface area contributed by atoms with Crippen molar-refractivity contribution in [2.75, 3.05) is 20.3 Å². The predicted molar refractivity (Wildman–Crippen MR) is 77.4 cm³/mol. The van der Waals surface area contributed by atoms with E-state index in [0.29, 0.717) is 30.5 Å². The molecule has 0 aliphatic heterocycles. The van der Waals surface area contributed by atoms with Gasteiger partial charge in [0.15, 0.2) is 0 Å². The third-order valence-electron chi connectivity index (χ3n) is 2.77. The summed E-state index contributed by atoms with van der Waals surface area (Å²) >= 11 is 6.06. The summed E-state index contributed by atoms with van der Waals surface area (Å²) in [6.45, 7) is 1.08. The molecule has 0 spiro atoms. The highest BCUT2D eigenvalue weighted by Crippen LogP contribution is 2.18. The number of halogens is 1. The minimum atomic E-state index is -0.385. The van der Waals surface area contributed by atoms with Gasteiger partial charge in [-0.1, -0.05) is 29.8 Å². The van der Waals surface area contributed by atoms with E-state index in [4.69, 9.17) is 20.8 Å². The van der Waals surface area contributed by atoms with Gasteiger partial charge in [-0.2, -0.15) is 0 Å². The first-order valence-corrected chi connectivity index (χ1v) is 6.91. The normalized spacial score (nSPS) is 10.6. The molecule has 0 saturated heterocycles. The minimum absolute atomic E-state index is 0.0468. The molecule has 0 atom stereocenters. The van der Waals surface area contributed by atoms with Crippen molar-refractivity contribution in [3.8, 4) is 0 Å². The molecule has 112 valence electrons. The molecule has 1 N–H and O–H groups in total. The lowest BCUT2D eigenvalue weighted by atomic mass is 10.1. The van der Waals surface area contributed by atoms with Crippen molar-refractivity contribution in [2.24, 2.45) is 0 Å². The van der Waals surface area contributed by atoms with Crippen molar-refractivity contribution in [3.05, 3.63) is 46.6 Å². The molecule has 0 aliphatic carbocycles. The second-order valence-electron chi connectivity index (χ2n) is 4.37. The first-order valence-electron chi connectivity index (χ1n) is 6.53. The zero-order chi connectivity index (χ0) is 15.1. The molecule has 2 aromatic rings. The van der Waals surface area contributed by atoms with Crippen molar-refractivity contribution in [1.29, 1.82) is 0 Å². The number of ether oxygens (including phenoxy) is 1. The molecular weight excluding hydrogens is 294 g/mol. The average molecular weight is 310 g/mol. The lowest BCUT2D eigenvalue weighted by Gasteiger charge is -2.01. The van der Waals surface area contributed by atoms with E-state index in [1.54, 1.807) is 13.2 Å². The van der Waals surface area contributed by atoms with Crippen LogP contribution in [0.1, 0.15) is 28.6 Å². The molecule has 0 unspecified atom stereocenters. The molecular formula is C14H16ClN3O3. The number of rotatable bonds is 7. The number of nitrogens with zero attached hydrogens (tertiary/aromatic N) is 2.